The number of hydrogen-bond acceptors (Lipinski definition) is 5. The number of carbonyl (C=O) groups is 1. The predicted octanol–water partition coefficient (Wildman–Crippen LogP) is 7.25. The van der Waals surface area contributed by atoms with Gasteiger partial charge in [0, 0.05) is 54.8 Å². The standard InChI is InChI=1S/C36H45N3O3/c1-5-42-35-11-7-6-10-33(35)28-14-17-34-30(21-28)22-29(18-19-39(34)23-26(2)3)36(40)37-31-15-12-27(13-16-31)24-38(4)32-9-8-20-41-25-32/h6-7,10-17,21-22,26,32H,5,8-9,18-20,23-25H2,1-4H3,(H,37,40). The lowest BCUT2D eigenvalue weighted by atomic mass is 9.99. The van der Waals surface area contributed by atoms with Gasteiger partial charge in [0.2, 0.25) is 0 Å². The van der Waals surface area contributed by atoms with E-state index in [2.05, 4.69) is 78.5 Å². The number of nitrogens with zero attached hydrogens (tertiary/aromatic N) is 2. The number of rotatable bonds is 10. The zero-order chi connectivity index (χ0) is 29.5. The predicted molar refractivity (Wildman–Crippen MR) is 173 cm³/mol. The van der Waals surface area contributed by atoms with E-state index in [9.17, 15) is 4.79 Å². The molecule has 2 aliphatic rings. The van der Waals surface area contributed by atoms with Crippen LogP contribution in [0.3, 0.4) is 0 Å². The van der Waals surface area contributed by atoms with Crippen LogP contribution in [0.5, 0.6) is 5.75 Å². The SMILES string of the molecule is CCOc1ccccc1-c1ccc2c(c1)C=C(C(=O)Nc1ccc(CN(C)C3CCCOC3)cc1)CCN2CC(C)C. The summed E-state index contributed by atoms with van der Waals surface area (Å²) in [7, 11) is 2.16. The second-order valence-corrected chi connectivity index (χ2v) is 11.9. The van der Waals surface area contributed by atoms with Crippen LogP contribution in [0.25, 0.3) is 17.2 Å². The Morgan fingerprint density at radius 1 is 1.12 bits per heavy atom. The molecular formula is C36H45N3O3. The molecule has 3 aromatic carbocycles. The van der Waals surface area contributed by atoms with Crippen LogP contribution >= 0.6 is 0 Å². The first-order valence-electron chi connectivity index (χ1n) is 15.4. The quantitative estimate of drug-likeness (QED) is 0.280. The lowest BCUT2D eigenvalue weighted by Crippen LogP contribution is -2.37. The first-order valence-corrected chi connectivity index (χ1v) is 15.4. The highest BCUT2D eigenvalue weighted by molar-refractivity contribution is 6.07. The minimum atomic E-state index is -0.0447. The van der Waals surface area contributed by atoms with E-state index in [-0.39, 0.29) is 5.91 Å². The Balaban J connectivity index is 1.35. The van der Waals surface area contributed by atoms with Gasteiger partial charge in [0.1, 0.15) is 5.75 Å². The molecule has 1 N–H and O–H groups in total. The number of anilines is 2. The summed E-state index contributed by atoms with van der Waals surface area (Å²) in [6, 6.07) is 23.4. The fourth-order valence-electron chi connectivity index (χ4n) is 5.95. The zero-order valence-corrected chi connectivity index (χ0v) is 25.6. The number of amides is 1. The van der Waals surface area contributed by atoms with Crippen molar-refractivity contribution in [2.24, 2.45) is 5.92 Å². The first kappa shape index (κ1) is 29.9. The Morgan fingerprint density at radius 3 is 2.67 bits per heavy atom. The van der Waals surface area contributed by atoms with Gasteiger partial charge in [-0.1, -0.05) is 50.2 Å². The van der Waals surface area contributed by atoms with E-state index < -0.39 is 0 Å². The lowest BCUT2D eigenvalue weighted by molar-refractivity contribution is -0.112. The summed E-state index contributed by atoms with van der Waals surface area (Å²) in [6.45, 7) is 11.4. The summed E-state index contributed by atoms with van der Waals surface area (Å²) in [5, 5.41) is 3.16. The van der Waals surface area contributed by atoms with E-state index in [0.717, 1.165) is 73.0 Å². The minimum absolute atomic E-state index is 0.0447. The second kappa shape index (κ2) is 14.0. The van der Waals surface area contributed by atoms with E-state index >= 15 is 0 Å². The van der Waals surface area contributed by atoms with Gasteiger partial charge in [-0.2, -0.15) is 0 Å². The van der Waals surface area contributed by atoms with Crippen LogP contribution < -0.4 is 15.0 Å². The second-order valence-electron chi connectivity index (χ2n) is 11.9. The molecule has 1 unspecified atom stereocenters. The van der Waals surface area contributed by atoms with Gasteiger partial charge in [0.05, 0.1) is 13.2 Å². The molecule has 0 spiro atoms. The molecule has 6 heteroatoms. The smallest absolute Gasteiger partial charge is 0.251 e. The van der Waals surface area contributed by atoms with Crippen molar-refractivity contribution in [1.29, 1.82) is 0 Å². The van der Waals surface area contributed by atoms with Crippen molar-refractivity contribution in [3.63, 3.8) is 0 Å². The molecule has 0 saturated carbocycles. The molecule has 2 aliphatic heterocycles. The number of benzene rings is 3. The number of hydrogen-bond donors (Lipinski definition) is 1. The average molecular weight is 568 g/mol. The Labute approximate surface area is 251 Å². The number of carbonyl (C=O) groups excluding carboxylic acids is 1. The summed E-state index contributed by atoms with van der Waals surface area (Å²) in [5.41, 5.74) is 7.21. The number of para-hydroxylation sites is 1. The van der Waals surface area contributed by atoms with Crippen molar-refractivity contribution in [1.82, 2.24) is 4.90 Å². The Morgan fingerprint density at radius 2 is 1.93 bits per heavy atom. The maximum atomic E-state index is 13.6. The molecule has 6 nitrogen and oxygen atoms in total. The van der Waals surface area contributed by atoms with Crippen LogP contribution in [0.4, 0.5) is 11.4 Å². The molecule has 2 heterocycles. The molecule has 0 aliphatic carbocycles. The fraction of sp³-hybridized carbons (Fsp3) is 0.417. The topological polar surface area (TPSA) is 54.0 Å². The van der Waals surface area contributed by atoms with Gasteiger partial charge >= 0.3 is 0 Å². The molecule has 3 aromatic rings. The van der Waals surface area contributed by atoms with Crippen LogP contribution in [-0.2, 0) is 16.1 Å². The van der Waals surface area contributed by atoms with Crippen LogP contribution in [0.1, 0.15) is 51.2 Å². The maximum Gasteiger partial charge on any atom is 0.251 e. The highest BCUT2D eigenvalue weighted by Crippen LogP contribution is 2.36. The average Bonchev–Trinajstić information content (AvgIpc) is 3.18. The molecule has 1 amide bonds. The first-order chi connectivity index (χ1) is 20.4. The summed E-state index contributed by atoms with van der Waals surface area (Å²) in [4.78, 5) is 18.4. The number of fused-ring (bicyclic) bond motifs is 1. The summed E-state index contributed by atoms with van der Waals surface area (Å²) in [5.74, 6) is 1.34. The van der Waals surface area contributed by atoms with E-state index in [1.54, 1.807) is 0 Å². The molecule has 0 aromatic heterocycles. The Hall–Kier alpha value is -3.61. The molecule has 42 heavy (non-hydrogen) atoms. The summed E-state index contributed by atoms with van der Waals surface area (Å²) < 4.78 is 11.6. The molecule has 1 atom stereocenters. The van der Waals surface area contributed by atoms with E-state index in [4.69, 9.17) is 9.47 Å². The monoisotopic (exact) mass is 567 g/mol. The summed E-state index contributed by atoms with van der Waals surface area (Å²) >= 11 is 0. The van der Waals surface area contributed by atoms with Gasteiger partial charge in [-0.05, 0) is 92.2 Å². The third-order valence-corrected chi connectivity index (χ3v) is 8.13. The van der Waals surface area contributed by atoms with Crippen LogP contribution in [0.15, 0.2) is 72.3 Å². The molecule has 222 valence electrons. The summed E-state index contributed by atoms with van der Waals surface area (Å²) in [6.07, 6.45) is 5.06. The number of ether oxygens (including phenoxy) is 2. The number of nitrogens with one attached hydrogen (secondary N) is 1. The van der Waals surface area contributed by atoms with Gasteiger partial charge in [-0.25, -0.2) is 0 Å². The van der Waals surface area contributed by atoms with Crippen molar-refractivity contribution in [3.8, 4) is 16.9 Å². The zero-order valence-electron chi connectivity index (χ0n) is 25.6. The van der Waals surface area contributed by atoms with Crippen molar-refractivity contribution >= 4 is 23.4 Å². The van der Waals surface area contributed by atoms with Gasteiger partial charge < -0.3 is 19.7 Å². The van der Waals surface area contributed by atoms with Crippen LogP contribution in [-0.4, -0.2) is 56.8 Å². The van der Waals surface area contributed by atoms with E-state index in [1.165, 1.54) is 17.7 Å². The minimum Gasteiger partial charge on any atom is -0.493 e. The Kier molecular flexibility index (Phi) is 9.98. The van der Waals surface area contributed by atoms with E-state index in [0.29, 0.717) is 25.0 Å². The maximum absolute atomic E-state index is 13.6. The van der Waals surface area contributed by atoms with Gasteiger partial charge in [-0.3, -0.25) is 9.69 Å². The van der Waals surface area contributed by atoms with Crippen LogP contribution in [0, 0.1) is 5.92 Å². The number of likely N-dealkylation sites (N-methyl/N-ethyl adjacent to an activating group) is 1. The molecule has 1 saturated heterocycles. The van der Waals surface area contributed by atoms with Crippen molar-refractivity contribution in [3.05, 3.63) is 83.4 Å². The third-order valence-electron chi connectivity index (χ3n) is 8.13. The highest BCUT2D eigenvalue weighted by Gasteiger charge is 2.22. The molecular weight excluding hydrogens is 522 g/mol. The fourth-order valence-corrected chi connectivity index (χ4v) is 5.95. The molecule has 5 rings (SSSR count). The van der Waals surface area contributed by atoms with Gasteiger partial charge in [0.15, 0.2) is 0 Å². The molecule has 1 fully saturated rings. The Bertz CT molecular complexity index is 1380. The van der Waals surface area contributed by atoms with Crippen molar-refractivity contribution < 1.29 is 14.3 Å². The largest absolute Gasteiger partial charge is 0.493 e. The van der Waals surface area contributed by atoms with Crippen molar-refractivity contribution in [2.45, 2.75) is 52.6 Å². The van der Waals surface area contributed by atoms with Gasteiger partial charge in [-0.15, -0.1) is 0 Å². The van der Waals surface area contributed by atoms with E-state index in [1.807, 2.05) is 37.3 Å². The van der Waals surface area contributed by atoms with Gasteiger partial charge in [0.25, 0.3) is 5.91 Å². The lowest BCUT2D eigenvalue weighted by Gasteiger charge is -2.31. The third kappa shape index (κ3) is 7.42. The van der Waals surface area contributed by atoms with Crippen LogP contribution in [0.2, 0.25) is 0 Å². The normalized spacial score (nSPS) is 17.0. The molecule has 0 bridgehead atoms. The van der Waals surface area contributed by atoms with Crippen molar-refractivity contribution in [2.75, 3.05) is 50.2 Å². The highest BCUT2D eigenvalue weighted by atomic mass is 16.5. The molecule has 0 radical (unpaired) electrons.